The van der Waals surface area contributed by atoms with Crippen LogP contribution in [0.5, 0.6) is 5.75 Å². The second kappa shape index (κ2) is 12.9. The van der Waals surface area contributed by atoms with Crippen molar-refractivity contribution in [1.82, 2.24) is 24.9 Å². The number of carbonyl (C=O) groups excluding carboxylic acids is 2. The summed E-state index contributed by atoms with van der Waals surface area (Å²) in [5, 5.41) is 11.0. The number of anilines is 1. The van der Waals surface area contributed by atoms with Crippen LogP contribution in [0, 0.1) is 5.82 Å². The van der Waals surface area contributed by atoms with E-state index >= 15 is 4.39 Å². The smallest absolute Gasteiger partial charge is 0.272 e. The number of para-hydroxylation sites is 1. The largest absolute Gasteiger partial charge is 0.496 e. The van der Waals surface area contributed by atoms with Crippen molar-refractivity contribution in [2.24, 2.45) is 0 Å². The molecule has 45 heavy (non-hydrogen) atoms. The lowest BCUT2D eigenvalue weighted by Crippen LogP contribution is -2.36. The van der Waals surface area contributed by atoms with Gasteiger partial charge in [0.05, 0.1) is 25.4 Å². The topological polar surface area (TPSA) is 122 Å². The van der Waals surface area contributed by atoms with E-state index in [0.717, 1.165) is 5.56 Å². The fraction of sp³-hybridized carbons (Fsp3) is 0.212. The predicted octanol–water partition coefficient (Wildman–Crippen LogP) is 5.27. The number of nitrogens with zero attached hydrogens (tertiary/aromatic N) is 4. The van der Waals surface area contributed by atoms with Crippen molar-refractivity contribution in [1.29, 1.82) is 0 Å². The minimum atomic E-state index is -1.22. The van der Waals surface area contributed by atoms with Gasteiger partial charge in [0, 0.05) is 69.9 Å². The molecule has 0 saturated carbocycles. The van der Waals surface area contributed by atoms with E-state index in [1.54, 1.807) is 71.7 Å². The molecule has 1 unspecified atom stereocenters. The molecule has 3 aromatic carbocycles. The first kappa shape index (κ1) is 29.9. The van der Waals surface area contributed by atoms with Gasteiger partial charge in [-0.1, -0.05) is 35.6 Å². The van der Waals surface area contributed by atoms with Crippen LogP contribution in [0.25, 0.3) is 27.6 Å². The van der Waals surface area contributed by atoms with Gasteiger partial charge in [-0.15, -0.1) is 5.10 Å². The summed E-state index contributed by atoms with van der Waals surface area (Å²) in [4.78, 5) is 31.8. The fourth-order valence-corrected chi connectivity index (χ4v) is 6.09. The standard InChI is InChI=1S/C33H31FN6O4S/c1-44-29-11-4-3-10-24(29)26-18-25(21-7-6-14-39(20-21)30(41)12-15-40-16-13-35-38-40)31(34)32-27(26)19-28(37-32)33(42)36-22-8-5-9-23(17-22)45(2)43/h3-5,7-11,13,16-19,37H,6,12,14-15,20H2,1-2H3,(H,36,42). The van der Waals surface area contributed by atoms with E-state index < -0.39 is 22.5 Å². The number of ether oxygens (including phenoxy) is 1. The minimum absolute atomic E-state index is 0.0580. The molecule has 0 saturated heterocycles. The van der Waals surface area contributed by atoms with E-state index in [2.05, 4.69) is 20.6 Å². The number of benzene rings is 3. The first-order valence-electron chi connectivity index (χ1n) is 14.4. The molecule has 2 amide bonds. The second-order valence-corrected chi connectivity index (χ2v) is 12.0. The summed E-state index contributed by atoms with van der Waals surface area (Å²) < 4.78 is 35.6. The molecule has 5 aromatic rings. The number of rotatable bonds is 9. The maximum absolute atomic E-state index is 16.4. The van der Waals surface area contributed by atoms with E-state index in [-0.39, 0.29) is 30.1 Å². The van der Waals surface area contributed by atoms with Crippen LogP contribution in [-0.2, 0) is 22.1 Å². The number of amides is 2. The summed E-state index contributed by atoms with van der Waals surface area (Å²) >= 11 is 0. The van der Waals surface area contributed by atoms with E-state index in [9.17, 15) is 13.8 Å². The van der Waals surface area contributed by atoms with Crippen LogP contribution in [0.1, 0.15) is 28.9 Å². The van der Waals surface area contributed by atoms with Crippen LogP contribution in [0.4, 0.5) is 10.1 Å². The summed E-state index contributed by atoms with van der Waals surface area (Å²) in [6.45, 7) is 1.18. The van der Waals surface area contributed by atoms with Crippen LogP contribution in [0.3, 0.4) is 0 Å². The Labute approximate surface area is 261 Å². The number of aromatic nitrogens is 4. The molecule has 2 N–H and O–H groups in total. The van der Waals surface area contributed by atoms with Crippen LogP contribution in [0.2, 0.25) is 0 Å². The molecule has 230 valence electrons. The predicted molar refractivity (Wildman–Crippen MR) is 171 cm³/mol. The Hall–Kier alpha value is -5.10. The highest BCUT2D eigenvalue weighted by Crippen LogP contribution is 2.40. The number of methoxy groups -OCH3 is 1. The summed E-state index contributed by atoms with van der Waals surface area (Å²) in [5.41, 5.74) is 3.21. The van der Waals surface area contributed by atoms with Gasteiger partial charge in [-0.3, -0.25) is 18.5 Å². The molecule has 0 fully saturated rings. The number of aromatic amines is 1. The lowest BCUT2D eigenvalue weighted by Gasteiger charge is -2.28. The molecule has 0 aliphatic carbocycles. The first-order valence-corrected chi connectivity index (χ1v) is 15.9. The summed E-state index contributed by atoms with van der Waals surface area (Å²) in [6, 6.07) is 17.6. The number of fused-ring (bicyclic) bond motifs is 1. The van der Waals surface area contributed by atoms with Gasteiger partial charge in [-0.2, -0.15) is 0 Å². The van der Waals surface area contributed by atoms with Gasteiger partial charge in [-0.25, -0.2) is 4.39 Å². The fourth-order valence-electron chi connectivity index (χ4n) is 5.53. The number of H-pyrrole nitrogens is 1. The Morgan fingerprint density at radius 2 is 1.93 bits per heavy atom. The molecule has 2 aromatic heterocycles. The summed E-state index contributed by atoms with van der Waals surface area (Å²) in [5.74, 6) is -0.458. The monoisotopic (exact) mass is 626 g/mol. The second-order valence-electron chi connectivity index (χ2n) is 10.6. The third kappa shape index (κ3) is 6.27. The molecular formula is C33H31FN6O4S. The van der Waals surface area contributed by atoms with Crippen molar-refractivity contribution >= 4 is 44.8 Å². The SMILES string of the molecule is COc1ccccc1-c1cc(C2=CCCN(C(=O)CCn3ccnn3)C2)c(F)c2[nH]c(C(=O)Nc3cccc(S(C)=O)c3)cc12. The van der Waals surface area contributed by atoms with Crippen LogP contribution in [-0.4, -0.2) is 67.4 Å². The molecule has 10 nitrogen and oxygen atoms in total. The van der Waals surface area contributed by atoms with Crippen molar-refractivity contribution in [3.05, 3.63) is 96.2 Å². The Bertz CT molecular complexity index is 1950. The zero-order valence-corrected chi connectivity index (χ0v) is 25.6. The molecular weight excluding hydrogens is 595 g/mol. The molecule has 1 atom stereocenters. The maximum Gasteiger partial charge on any atom is 0.272 e. The average Bonchev–Trinajstić information content (AvgIpc) is 3.75. The van der Waals surface area contributed by atoms with Gasteiger partial charge in [0.1, 0.15) is 11.4 Å². The van der Waals surface area contributed by atoms with Gasteiger partial charge in [0.15, 0.2) is 5.82 Å². The summed E-state index contributed by atoms with van der Waals surface area (Å²) in [7, 11) is 0.352. The summed E-state index contributed by atoms with van der Waals surface area (Å²) in [6.07, 6.45) is 7.61. The molecule has 6 rings (SSSR count). The molecule has 1 aliphatic heterocycles. The molecule has 0 radical (unpaired) electrons. The Morgan fingerprint density at radius 1 is 1.09 bits per heavy atom. The van der Waals surface area contributed by atoms with Crippen molar-refractivity contribution in [3.63, 3.8) is 0 Å². The van der Waals surface area contributed by atoms with Crippen LogP contribution < -0.4 is 10.1 Å². The van der Waals surface area contributed by atoms with E-state index in [4.69, 9.17) is 4.74 Å². The number of nitrogens with one attached hydrogen (secondary N) is 2. The lowest BCUT2D eigenvalue weighted by molar-refractivity contribution is -0.131. The van der Waals surface area contributed by atoms with Gasteiger partial charge >= 0.3 is 0 Å². The number of carbonyl (C=O) groups is 2. The third-order valence-electron chi connectivity index (χ3n) is 7.79. The molecule has 0 spiro atoms. The van der Waals surface area contributed by atoms with Crippen LogP contribution in [0.15, 0.2) is 84.0 Å². The number of hydrogen-bond donors (Lipinski definition) is 2. The molecule has 12 heteroatoms. The molecule has 1 aliphatic rings. The lowest BCUT2D eigenvalue weighted by atomic mass is 9.93. The molecule has 0 bridgehead atoms. The zero-order chi connectivity index (χ0) is 31.5. The van der Waals surface area contributed by atoms with Gasteiger partial charge in [-0.05, 0) is 54.0 Å². The average molecular weight is 627 g/mol. The third-order valence-corrected chi connectivity index (χ3v) is 8.71. The Morgan fingerprint density at radius 3 is 2.71 bits per heavy atom. The van der Waals surface area contributed by atoms with E-state index in [1.165, 1.54) is 0 Å². The van der Waals surface area contributed by atoms with E-state index in [0.29, 0.717) is 57.9 Å². The van der Waals surface area contributed by atoms with E-state index in [1.807, 2.05) is 30.3 Å². The van der Waals surface area contributed by atoms with Crippen molar-refractivity contribution < 1.29 is 22.9 Å². The van der Waals surface area contributed by atoms with Gasteiger partial charge < -0.3 is 19.9 Å². The normalized spacial score (nSPS) is 13.8. The van der Waals surface area contributed by atoms with Crippen molar-refractivity contribution in [2.75, 3.05) is 31.8 Å². The first-order chi connectivity index (χ1) is 21.8. The number of hydrogen-bond acceptors (Lipinski definition) is 6. The number of halogens is 1. The maximum atomic E-state index is 16.4. The Balaban J connectivity index is 1.37. The minimum Gasteiger partial charge on any atom is -0.496 e. The number of aryl methyl sites for hydroxylation is 1. The molecule has 3 heterocycles. The highest BCUT2D eigenvalue weighted by atomic mass is 32.2. The van der Waals surface area contributed by atoms with Crippen LogP contribution >= 0.6 is 0 Å². The quantitative estimate of drug-likeness (QED) is 0.230. The van der Waals surface area contributed by atoms with Crippen molar-refractivity contribution in [3.8, 4) is 16.9 Å². The van der Waals surface area contributed by atoms with Gasteiger partial charge in [0.25, 0.3) is 5.91 Å². The van der Waals surface area contributed by atoms with Gasteiger partial charge in [0.2, 0.25) is 5.91 Å². The van der Waals surface area contributed by atoms with Crippen molar-refractivity contribution in [2.45, 2.75) is 24.3 Å². The Kier molecular flexibility index (Phi) is 8.56. The zero-order valence-electron chi connectivity index (χ0n) is 24.7. The highest BCUT2D eigenvalue weighted by Gasteiger charge is 2.25. The highest BCUT2D eigenvalue weighted by molar-refractivity contribution is 7.84.